The van der Waals surface area contributed by atoms with Crippen molar-refractivity contribution in [1.82, 2.24) is 25.3 Å². The van der Waals surface area contributed by atoms with Gasteiger partial charge in [-0.15, -0.1) is 0 Å². The number of nitrogens with one attached hydrogen (secondary N) is 2. The predicted molar refractivity (Wildman–Crippen MR) is 99.8 cm³/mol. The molecule has 2 aromatic carbocycles. The van der Waals surface area contributed by atoms with Crippen molar-refractivity contribution < 1.29 is 4.79 Å². The second kappa shape index (κ2) is 6.84. The van der Waals surface area contributed by atoms with E-state index in [0.717, 1.165) is 27.6 Å². The van der Waals surface area contributed by atoms with E-state index in [0.29, 0.717) is 18.8 Å². The summed E-state index contributed by atoms with van der Waals surface area (Å²) in [5, 5.41) is 15.2. The molecule has 0 aliphatic rings. The minimum atomic E-state index is -0.184. The molecule has 0 atom stereocenters. The summed E-state index contributed by atoms with van der Waals surface area (Å²) >= 11 is 0. The van der Waals surface area contributed by atoms with Gasteiger partial charge in [-0.2, -0.15) is 10.2 Å². The number of benzene rings is 2. The third-order valence-electron chi connectivity index (χ3n) is 4.38. The number of hydrogen-bond donors (Lipinski definition) is 2. The molecule has 2 heterocycles. The molecule has 0 saturated heterocycles. The molecule has 1 amide bonds. The van der Waals surface area contributed by atoms with Gasteiger partial charge in [-0.05, 0) is 36.2 Å². The first kappa shape index (κ1) is 16.1. The summed E-state index contributed by atoms with van der Waals surface area (Å²) in [4.78, 5) is 12.6. The van der Waals surface area contributed by atoms with Crippen LogP contribution in [0.1, 0.15) is 27.2 Å². The maximum absolute atomic E-state index is 12.6. The van der Waals surface area contributed by atoms with Crippen LogP contribution in [0.25, 0.3) is 10.9 Å². The van der Waals surface area contributed by atoms with Crippen LogP contribution < -0.4 is 5.32 Å². The van der Waals surface area contributed by atoms with Gasteiger partial charge in [-0.3, -0.25) is 14.6 Å². The van der Waals surface area contributed by atoms with Crippen LogP contribution in [0.3, 0.4) is 0 Å². The molecule has 6 heteroatoms. The number of hydrogen-bond acceptors (Lipinski definition) is 3. The number of rotatable bonds is 5. The molecule has 26 heavy (non-hydrogen) atoms. The van der Waals surface area contributed by atoms with Crippen molar-refractivity contribution in [3.05, 3.63) is 83.3 Å². The highest BCUT2D eigenvalue weighted by molar-refractivity contribution is 6.04. The van der Waals surface area contributed by atoms with E-state index in [9.17, 15) is 4.79 Å². The molecule has 0 fully saturated rings. The first-order chi connectivity index (χ1) is 12.7. The van der Waals surface area contributed by atoms with E-state index in [1.54, 1.807) is 6.20 Å². The summed E-state index contributed by atoms with van der Waals surface area (Å²) in [5.41, 5.74) is 4.57. The van der Waals surface area contributed by atoms with Gasteiger partial charge in [0.25, 0.3) is 5.91 Å². The summed E-state index contributed by atoms with van der Waals surface area (Å²) in [6.07, 6.45) is 3.68. The number of fused-ring (bicyclic) bond motifs is 1. The van der Waals surface area contributed by atoms with E-state index in [1.807, 2.05) is 60.3 Å². The van der Waals surface area contributed by atoms with Crippen LogP contribution >= 0.6 is 0 Å². The molecular weight excluding hydrogens is 326 g/mol. The van der Waals surface area contributed by atoms with Gasteiger partial charge >= 0.3 is 0 Å². The van der Waals surface area contributed by atoms with Gasteiger partial charge in [-0.25, -0.2) is 0 Å². The maximum atomic E-state index is 12.6. The van der Waals surface area contributed by atoms with Gasteiger partial charge in [0.15, 0.2) is 5.69 Å². The first-order valence-electron chi connectivity index (χ1n) is 8.48. The normalized spacial score (nSPS) is 11.0. The van der Waals surface area contributed by atoms with E-state index in [-0.39, 0.29) is 5.91 Å². The number of amides is 1. The Labute approximate surface area is 150 Å². The zero-order valence-electron chi connectivity index (χ0n) is 14.4. The molecule has 4 rings (SSSR count). The largest absolute Gasteiger partial charge is 0.347 e. The number of H-pyrrole nitrogens is 1. The zero-order valence-corrected chi connectivity index (χ0v) is 14.4. The molecule has 0 bridgehead atoms. The minimum absolute atomic E-state index is 0.184. The fraction of sp³-hybridized carbons (Fsp3) is 0.150. The van der Waals surface area contributed by atoms with Crippen LogP contribution in [-0.4, -0.2) is 25.9 Å². The second-order valence-corrected chi connectivity index (χ2v) is 6.28. The zero-order chi connectivity index (χ0) is 17.9. The van der Waals surface area contributed by atoms with E-state index in [4.69, 9.17) is 0 Å². The van der Waals surface area contributed by atoms with Crippen LogP contribution in [0.2, 0.25) is 0 Å². The molecule has 4 aromatic rings. The number of aromatic amines is 1. The van der Waals surface area contributed by atoms with Gasteiger partial charge in [0.1, 0.15) is 0 Å². The summed E-state index contributed by atoms with van der Waals surface area (Å²) in [6, 6.07) is 15.8. The van der Waals surface area contributed by atoms with Crippen molar-refractivity contribution in [1.29, 1.82) is 0 Å². The Morgan fingerprint density at radius 1 is 1.15 bits per heavy atom. The molecule has 2 N–H and O–H groups in total. The van der Waals surface area contributed by atoms with Crippen molar-refractivity contribution in [3.8, 4) is 0 Å². The van der Waals surface area contributed by atoms with Crippen LogP contribution in [0.15, 0.2) is 60.9 Å². The molecule has 0 aliphatic carbocycles. The fourth-order valence-corrected chi connectivity index (χ4v) is 3.01. The quantitative estimate of drug-likeness (QED) is 0.584. The third-order valence-corrected chi connectivity index (χ3v) is 4.38. The average molecular weight is 345 g/mol. The number of aryl methyl sites for hydroxylation is 1. The average Bonchev–Trinajstić information content (AvgIpc) is 3.30. The lowest BCUT2D eigenvalue weighted by atomic mass is 10.1. The SMILES string of the molecule is Cc1ccc2[nH]nc(C(=O)NCc3ccccc3Cn3cccn3)c2c1. The Kier molecular flexibility index (Phi) is 4.23. The van der Waals surface area contributed by atoms with Crippen LogP contribution in [0, 0.1) is 6.92 Å². The first-order valence-corrected chi connectivity index (χ1v) is 8.48. The van der Waals surface area contributed by atoms with Gasteiger partial charge < -0.3 is 5.32 Å². The molecule has 6 nitrogen and oxygen atoms in total. The molecule has 0 spiro atoms. The van der Waals surface area contributed by atoms with Gasteiger partial charge in [0.2, 0.25) is 0 Å². The molecule has 0 unspecified atom stereocenters. The number of carbonyl (C=O) groups is 1. The predicted octanol–water partition coefficient (Wildman–Crippen LogP) is 3.05. The van der Waals surface area contributed by atoms with Crippen LogP contribution in [-0.2, 0) is 13.1 Å². The lowest BCUT2D eigenvalue weighted by molar-refractivity contribution is 0.0947. The van der Waals surface area contributed by atoms with E-state index < -0.39 is 0 Å². The highest BCUT2D eigenvalue weighted by Gasteiger charge is 2.14. The fourth-order valence-electron chi connectivity index (χ4n) is 3.01. The van der Waals surface area contributed by atoms with Crippen molar-refractivity contribution in [2.45, 2.75) is 20.0 Å². The van der Waals surface area contributed by atoms with Gasteiger partial charge in [-0.1, -0.05) is 35.9 Å². The summed E-state index contributed by atoms with van der Waals surface area (Å²) in [6.45, 7) is 3.11. The Morgan fingerprint density at radius 2 is 2.00 bits per heavy atom. The highest BCUT2D eigenvalue weighted by atomic mass is 16.1. The van der Waals surface area contributed by atoms with Gasteiger partial charge in [0, 0.05) is 24.3 Å². The number of carbonyl (C=O) groups excluding carboxylic acids is 1. The second-order valence-electron chi connectivity index (χ2n) is 6.28. The van der Waals surface area contributed by atoms with Crippen molar-refractivity contribution in [3.63, 3.8) is 0 Å². The highest BCUT2D eigenvalue weighted by Crippen LogP contribution is 2.18. The molecular formula is C20H19N5O. The monoisotopic (exact) mass is 345 g/mol. The number of aromatic nitrogens is 4. The summed E-state index contributed by atoms with van der Waals surface area (Å²) < 4.78 is 1.87. The lowest BCUT2D eigenvalue weighted by Gasteiger charge is -2.10. The molecule has 0 aliphatic heterocycles. The van der Waals surface area contributed by atoms with Gasteiger partial charge in [0.05, 0.1) is 12.1 Å². The summed E-state index contributed by atoms with van der Waals surface area (Å²) in [5.74, 6) is -0.184. The van der Waals surface area contributed by atoms with Crippen molar-refractivity contribution in [2.24, 2.45) is 0 Å². The van der Waals surface area contributed by atoms with Crippen LogP contribution in [0.4, 0.5) is 0 Å². The smallest absolute Gasteiger partial charge is 0.272 e. The molecule has 130 valence electrons. The molecule has 0 radical (unpaired) electrons. The maximum Gasteiger partial charge on any atom is 0.272 e. The lowest BCUT2D eigenvalue weighted by Crippen LogP contribution is -2.24. The topological polar surface area (TPSA) is 75.6 Å². The molecule has 2 aromatic heterocycles. The Bertz CT molecular complexity index is 1050. The Morgan fingerprint density at radius 3 is 2.81 bits per heavy atom. The standard InChI is InChI=1S/C20H19N5O/c1-14-7-8-18-17(11-14)19(24-23-18)20(26)21-12-15-5-2-3-6-16(15)13-25-10-4-9-22-25/h2-11H,12-13H2,1H3,(H,21,26)(H,23,24). The van der Waals surface area contributed by atoms with Crippen molar-refractivity contribution >= 4 is 16.8 Å². The van der Waals surface area contributed by atoms with E-state index >= 15 is 0 Å². The van der Waals surface area contributed by atoms with E-state index in [1.165, 1.54) is 0 Å². The Hall–Kier alpha value is -3.41. The summed E-state index contributed by atoms with van der Waals surface area (Å²) in [7, 11) is 0. The van der Waals surface area contributed by atoms with Crippen LogP contribution in [0.5, 0.6) is 0 Å². The number of nitrogens with zero attached hydrogens (tertiary/aromatic N) is 3. The van der Waals surface area contributed by atoms with Crippen molar-refractivity contribution in [2.75, 3.05) is 0 Å². The Balaban J connectivity index is 1.52. The minimum Gasteiger partial charge on any atom is -0.347 e. The molecule has 0 saturated carbocycles. The van der Waals surface area contributed by atoms with E-state index in [2.05, 4.69) is 26.7 Å². The third kappa shape index (κ3) is 3.21.